The number of aromatic carboxylic acids is 1. The summed E-state index contributed by atoms with van der Waals surface area (Å²) in [4.78, 5) is 27.2. The topological polar surface area (TPSA) is 72.2 Å². The van der Waals surface area contributed by atoms with Crippen LogP contribution in [0.1, 0.15) is 30.1 Å². The van der Waals surface area contributed by atoms with Gasteiger partial charge >= 0.3 is 5.97 Å². The summed E-state index contributed by atoms with van der Waals surface area (Å²) in [6.45, 7) is 2.71. The Morgan fingerprint density at radius 2 is 2.28 bits per heavy atom. The van der Waals surface area contributed by atoms with Crippen molar-refractivity contribution in [1.29, 1.82) is 0 Å². The molecule has 2 aromatic heterocycles. The van der Waals surface area contributed by atoms with Crippen LogP contribution in [0.5, 0.6) is 0 Å². The van der Waals surface area contributed by atoms with E-state index in [0.717, 1.165) is 12.8 Å². The van der Waals surface area contributed by atoms with Crippen LogP contribution < -0.4 is 5.43 Å². The van der Waals surface area contributed by atoms with Crippen molar-refractivity contribution in [3.05, 3.63) is 40.3 Å². The molecule has 0 aromatic carbocycles. The molecule has 5 nitrogen and oxygen atoms in total. The summed E-state index contributed by atoms with van der Waals surface area (Å²) < 4.78 is 1.74. The lowest BCUT2D eigenvalue weighted by atomic mass is 10.2. The third-order valence-corrected chi connectivity index (χ3v) is 2.82. The van der Waals surface area contributed by atoms with Gasteiger partial charge in [-0.05, 0) is 18.6 Å². The molecule has 0 unspecified atom stereocenters. The first-order valence-electron chi connectivity index (χ1n) is 5.86. The van der Waals surface area contributed by atoms with E-state index in [0.29, 0.717) is 17.6 Å². The maximum absolute atomic E-state index is 12.0. The van der Waals surface area contributed by atoms with E-state index in [1.54, 1.807) is 22.9 Å². The summed E-state index contributed by atoms with van der Waals surface area (Å²) in [5.41, 5.74) is -0.133. The Bertz CT molecular complexity index is 646. The lowest BCUT2D eigenvalue weighted by molar-refractivity contribution is 0.0695. The molecular weight excluding hydrogens is 232 g/mol. The van der Waals surface area contributed by atoms with E-state index in [-0.39, 0.29) is 5.56 Å². The summed E-state index contributed by atoms with van der Waals surface area (Å²) in [5.74, 6) is -1.20. The van der Waals surface area contributed by atoms with Crippen molar-refractivity contribution in [2.24, 2.45) is 0 Å². The Balaban J connectivity index is 2.72. The number of carbonyl (C=O) groups is 1. The molecule has 2 heterocycles. The van der Waals surface area contributed by atoms with Crippen molar-refractivity contribution in [2.45, 2.75) is 26.3 Å². The molecule has 0 saturated carbocycles. The predicted octanol–water partition coefficient (Wildman–Crippen LogP) is 1.89. The van der Waals surface area contributed by atoms with Crippen LogP contribution in [0.4, 0.5) is 0 Å². The van der Waals surface area contributed by atoms with Gasteiger partial charge < -0.3 is 9.67 Å². The molecule has 1 N–H and O–H groups in total. The third-order valence-electron chi connectivity index (χ3n) is 2.82. The molecular formula is C13H14N2O3. The van der Waals surface area contributed by atoms with Crippen molar-refractivity contribution in [3.8, 4) is 0 Å². The summed E-state index contributed by atoms with van der Waals surface area (Å²) in [7, 11) is 0. The number of rotatable bonds is 4. The van der Waals surface area contributed by atoms with E-state index in [2.05, 4.69) is 11.9 Å². The molecule has 2 aromatic rings. The fourth-order valence-corrected chi connectivity index (χ4v) is 1.88. The van der Waals surface area contributed by atoms with E-state index in [1.165, 1.54) is 6.20 Å². The van der Waals surface area contributed by atoms with Crippen LogP contribution in [0.2, 0.25) is 0 Å². The zero-order valence-electron chi connectivity index (χ0n) is 10.1. The van der Waals surface area contributed by atoms with Gasteiger partial charge in [0.1, 0.15) is 11.2 Å². The average molecular weight is 246 g/mol. The highest BCUT2D eigenvalue weighted by atomic mass is 16.4. The number of hydrogen-bond donors (Lipinski definition) is 1. The molecule has 18 heavy (non-hydrogen) atoms. The van der Waals surface area contributed by atoms with E-state index >= 15 is 0 Å². The summed E-state index contributed by atoms with van der Waals surface area (Å²) in [6.07, 6.45) is 4.89. The molecule has 0 atom stereocenters. The standard InChI is InChI=1S/C13H14N2O3/c1-2-3-7-15-8-10(13(17)18)11(16)9-5-4-6-14-12(9)15/h4-6,8H,2-3,7H2,1H3,(H,17,18). The summed E-state index contributed by atoms with van der Waals surface area (Å²) in [5, 5.41) is 9.40. The van der Waals surface area contributed by atoms with E-state index < -0.39 is 11.4 Å². The Morgan fingerprint density at radius 1 is 1.50 bits per heavy atom. The smallest absolute Gasteiger partial charge is 0.341 e. The minimum atomic E-state index is -1.20. The van der Waals surface area contributed by atoms with Crippen LogP contribution in [0.15, 0.2) is 29.3 Å². The molecule has 5 heteroatoms. The minimum Gasteiger partial charge on any atom is -0.477 e. The highest BCUT2D eigenvalue weighted by molar-refractivity contribution is 5.91. The van der Waals surface area contributed by atoms with E-state index in [1.807, 2.05) is 0 Å². The molecule has 0 aliphatic heterocycles. The molecule has 0 radical (unpaired) electrons. The van der Waals surface area contributed by atoms with Crippen LogP contribution in [-0.4, -0.2) is 20.6 Å². The van der Waals surface area contributed by atoms with Gasteiger partial charge in [-0.25, -0.2) is 9.78 Å². The normalized spacial score (nSPS) is 10.7. The quantitative estimate of drug-likeness (QED) is 0.894. The van der Waals surface area contributed by atoms with Crippen LogP contribution in [0, 0.1) is 0 Å². The molecule has 0 saturated heterocycles. The Kier molecular flexibility index (Phi) is 3.41. The molecule has 0 fully saturated rings. The molecule has 0 spiro atoms. The van der Waals surface area contributed by atoms with Crippen molar-refractivity contribution < 1.29 is 9.90 Å². The monoisotopic (exact) mass is 246 g/mol. The number of fused-ring (bicyclic) bond motifs is 1. The van der Waals surface area contributed by atoms with Gasteiger partial charge in [-0.3, -0.25) is 4.79 Å². The Morgan fingerprint density at radius 3 is 2.94 bits per heavy atom. The zero-order chi connectivity index (χ0) is 13.1. The summed E-state index contributed by atoms with van der Waals surface area (Å²) in [6, 6.07) is 3.25. The molecule has 94 valence electrons. The van der Waals surface area contributed by atoms with Gasteiger partial charge in [0.05, 0.1) is 5.39 Å². The number of aryl methyl sites for hydroxylation is 1. The predicted molar refractivity (Wildman–Crippen MR) is 67.9 cm³/mol. The number of carboxylic acids is 1. The number of hydrogen-bond acceptors (Lipinski definition) is 3. The number of unbranched alkanes of at least 4 members (excludes halogenated alkanes) is 1. The molecule has 0 amide bonds. The number of aromatic nitrogens is 2. The maximum Gasteiger partial charge on any atom is 0.341 e. The second-order valence-corrected chi connectivity index (χ2v) is 4.10. The number of pyridine rings is 2. The lowest BCUT2D eigenvalue weighted by Gasteiger charge is -2.10. The fourth-order valence-electron chi connectivity index (χ4n) is 1.88. The average Bonchev–Trinajstić information content (AvgIpc) is 2.38. The largest absolute Gasteiger partial charge is 0.477 e. The van der Waals surface area contributed by atoms with Crippen molar-refractivity contribution >= 4 is 17.0 Å². The van der Waals surface area contributed by atoms with Crippen molar-refractivity contribution in [1.82, 2.24) is 9.55 Å². The van der Waals surface area contributed by atoms with Crippen LogP contribution in [-0.2, 0) is 6.54 Å². The SMILES string of the molecule is CCCCn1cc(C(=O)O)c(=O)c2cccnc21. The van der Waals surface area contributed by atoms with Crippen LogP contribution in [0.3, 0.4) is 0 Å². The van der Waals surface area contributed by atoms with Crippen LogP contribution >= 0.6 is 0 Å². The van der Waals surface area contributed by atoms with Gasteiger partial charge in [0.25, 0.3) is 0 Å². The van der Waals surface area contributed by atoms with Gasteiger partial charge in [-0.1, -0.05) is 13.3 Å². The Hall–Kier alpha value is -2.17. The first kappa shape index (κ1) is 12.3. The van der Waals surface area contributed by atoms with E-state index in [9.17, 15) is 9.59 Å². The Labute approximate surface area is 104 Å². The van der Waals surface area contributed by atoms with Crippen LogP contribution in [0.25, 0.3) is 11.0 Å². The second-order valence-electron chi connectivity index (χ2n) is 4.10. The van der Waals surface area contributed by atoms with Crippen molar-refractivity contribution in [3.63, 3.8) is 0 Å². The van der Waals surface area contributed by atoms with Crippen molar-refractivity contribution in [2.75, 3.05) is 0 Å². The molecule has 0 aliphatic rings. The highest BCUT2D eigenvalue weighted by Gasteiger charge is 2.14. The van der Waals surface area contributed by atoms with Gasteiger partial charge in [0, 0.05) is 18.9 Å². The lowest BCUT2D eigenvalue weighted by Crippen LogP contribution is -2.19. The number of carboxylic acid groups (broad SMARTS) is 1. The second kappa shape index (κ2) is 5.00. The van der Waals surface area contributed by atoms with Gasteiger partial charge in [0.15, 0.2) is 0 Å². The molecule has 2 rings (SSSR count). The number of nitrogens with zero attached hydrogens (tertiary/aromatic N) is 2. The zero-order valence-corrected chi connectivity index (χ0v) is 10.1. The third kappa shape index (κ3) is 2.11. The van der Waals surface area contributed by atoms with E-state index in [4.69, 9.17) is 5.11 Å². The minimum absolute atomic E-state index is 0.202. The maximum atomic E-state index is 12.0. The van der Waals surface area contributed by atoms with Gasteiger partial charge in [-0.15, -0.1) is 0 Å². The highest BCUT2D eigenvalue weighted by Crippen LogP contribution is 2.10. The van der Waals surface area contributed by atoms with Gasteiger partial charge in [-0.2, -0.15) is 0 Å². The molecule has 0 bridgehead atoms. The first-order chi connectivity index (χ1) is 8.65. The first-order valence-corrected chi connectivity index (χ1v) is 5.86. The summed E-state index contributed by atoms with van der Waals surface area (Å²) >= 11 is 0. The fraction of sp³-hybridized carbons (Fsp3) is 0.308. The van der Waals surface area contributed by atoms with Gasteiger partial charge in [0.2, 0.25) is 5.43 Å². The molecule has 0 aliphatic carbocycles.